The lowest BCUT2D eigenvalue weighted by Crippen LogP contribution is -2.45. The summed E-state index contributed by atoms with van der Waals surface area (Å²) in [5.74, 6) is -0.0722. The second kappa shape index (κ2) is 9.43. The molecule has 1 aliphatic heterocycles. The Hall–Kier alpha value is -2.28. The average molecular weight is 362 g/mol. The number of hydrogen-bond donors (Lipinski definition) is 3. The highest BCUT2D eigenvalue weighted by Crippen LogP contribution is 2.28. The zero-order valence-corrected chi connectivity index (χ0v) is 16.0. The first kappa shape index (κ1) is 20.0. The minimum Gasteiger partial charge on any atom is -0.372 e. The predicted molar refractivity (Wildman–Crippen MR) is 104 cm³/mol. The molecular weight excluding hydrogens is 332 g/mol. The number of carbonyl (C=O) groups excluding carboxylic acids is 2. The fraction of sp³-hybridized carbons (Fsp3) is 0.579. The molecule has 2 rings (SSSR count). The van der Waals surface area contributed by atoms with E-state index in [0.29, 0.717) is 0 Å². The Bertz CT molecular complexity index is 611. The van der Waals surface area contributed by atoms with Crippen LogP contribution >= 0.6 is 0 Å². The van der Waals surface area contributed by atoms with Crippen LogP contribution in [0, 0.1) is 0 Å². The number of nitrogens with zero attached hydrogens (tertiary/aromatic N) is 1. The van der Waals surface area contributed by atoms with E-state index in [-0.39, 0.29) is 43.2 Å². The Morgan fingerprint density at radius 2 is 1.85 bits per heavy atom. The second-order valence-corrected chi connectivity index (χ2v) is 7.03. The van der Waals surface area contributed by atoms with Crippen molar-refractivity contribution >= 4 is 23.3 Å². The number of para-hydroxylation sites is 2. The fourth-order valence-electron chi connectivity index (χ4n) is 3.08. The maximum atomic E-state index is 12.2. The summed E-state index contributed by atoms with van der Waals surface area (Å²) < 4.78 is 5.78. The van der Waals surface area contributed by atoms with E-state index >= 15 is 0 Å². The van der Waals surface area contributed by atoms with Crippen LogP contribution in [-0.2, 0) is 9.53 Å². The van der Waals surface area contributed by atoms with Crippen LogP contribution in [0.1, 0.15) is 34.1 Å². The van der Waals surface area contributed by atoms with Crippen LogP contribution in [0.3, 0.4) is 0 Å². The van der Waals surface area contributed by atoms with E-state index in [4.69, 9.17) is 4.74 Å². The van der Waals surface area contributed by atoms with Crippen LogP contribution in [0.15, 0.2) is 24.3 Å². The molecule has 1 heterocycles. The smallest absolute Gasteiger partial charge is 0.319 e. The molecule has 0 radical (unpaired) electrons. The lowest BCUT2D eigenvalue weighted by atomic mass is 10.1. The quantitative estimate of drug-likeness (QED) is 0.725. The molecule has 2 unspecified atom stereocenters. The molecule has 7 nitrogen and oxygen atoms in total. The van der Waals surface area contributed by atoms with E-state index in [1.807, 2.05) is 52.0 Å². The average Bonchev–Trinajstić information content (AvgIpc) is 2.53. The van der Waals surface area contributed by atoms with Crippen molar-refractivity contribution in [1.29, 1.82) is 0 Å². The van der Waals surface area contributed by atoms with Crippen LogP contribution in [0.5, 0.6) is 0 Å². The Morgan fingerprint density at radius 3 is 2.50 bits per heavy atom. The van der Waals surface area contributed by atoms with Gasteiger partial charge in [-0.2, -0.15) is 0 Å². The number of hydrogen-bond acceptors (Lipinski definition) is 4. The highest BCUT2D eigenvalue weighted by atomic mass is 16.5. The van der Waals surface area contributed by atoms with E-state index in [1.54, 1.807) is 0 Å². The van der Waals surface area contributed by atoms with Crippen molar-refractivity contribution in [2.75, 3.05) is 29.9 Å². The Labute approximate surface area is 155 Å². The van der Waals surface area contributed by atoms with Gasteiger partial charge in [-0.1, -0.05) is 12.1 Å². The molecule has 0 aromatic heterocycles. The molecule has 0 bridgehead atoms. The number of rotatable bonds is 6. The summed E-state index contributed by atoms with van der Waals surface area (Å²) in [6.45, 7) is 9.75. The first-order valence-corrected chi connectivity index (χ1v) is 9.18. The van der Waals surface area contributed by atoms with E-state index in [9.17, 15) is 9.59 Å². The van der Waals surface area contributed by atoms with Crippen LogP contribution < -0.4 is 20.9 Å². The number of ether oxygens (including phenoxy) is 1. The number of urea groups is 1. The van der Waals surface area contributed by atoms with Gasteiger partial charge < -0.3 is 25.6 Å². The standard InChI is InChI=1S/C19H30N4O3/c1-13(2)21-18(24)9-10-20-19(25)22-16-7-5-6-8-17(16)23-11-14(3)26-15(4)12-23/h5-8,13-15H,9-12H2,1-4H3,(H,21,24)(H2,20,22,25). The topological polar surface area (TPSA) is 82.7 Å². The summed E-state index contributed by atoms with van der Waals surface area (Å²) in [5.41, 5.74) is 1.72. The van der Waals surface area contributed by atoms with E-state index in [2.05, 4.69) is 20.9 Å². The number of morpholine rings is 1. The molecule has 0 spiro atoms. The van der Waals surface area contributed by atoms with Crippen LogP contribution in [-0.4, -0.2) is 49.8 Å². The minimum atomic E-state index is -0.316. The zero-order chi connectivity index (χ0) is 19.1. The van der Waals surface area contributed by atoms with Gasteiger partial charge in [-0.3, -0.25) is 4.79 Å². The maximum absolute atomic E-state index is 12.2. The highest BCUT2D eigenvalue weighted by molar-refractivity contribution is 5.93. The summed E-state index contributed by atoms with van der Waals surface area (Å²) in [6.07, 6.45) is 0.534. The summed E-state index contributed by atoms with van der Waals surface area (Å²) in [6, 6.07) is 7.51. The molecule has 1 aromatic carbocycles. The number of benzene rings is 1. The van der Waals surface area contributed by atoms with E-state index in [0.717, 1.165) is 24.5 Å². The molecule has 3 N–H and O–H groups in total. The Balaban J connectivity index is 1.91. The number of amides is 3. The van der Waals surface area contributed by atoms with Crippen molar-refractivity contribution in [1.82, 2.24) is 10.6 Å². The van der Waals surface area contributed by atoms with Crippen LogP contribution in [0.25, 0.3) is 0 Å². The van der Waals surface area contributed by atoms with Gasteiger partial charge in [-0.15, -0.1) is 0 Å². The molecule has 0 saturated carbocycles. The summed E-state index contributed by atoms with van der Waals surface area (Å²) in [5, 5.41) is 8.41. The molecule has 1 fully saturated rings. The molecule has 1 saturated heterocycles. The molecule has 0 aliphatic carbocycles. The van der Waals surface area contributed by atoms with Gasteiger partial charge in [0.1, 0.15) is 0 Å². The molecule has 1 aliphatic rings. The highest BCUT2D eigenvalue weighted by Gasteiger charge is 2.24. The molecule has 26 heavy (non-hydrogen) atoms. The lowest BCUT2D eigenvalue weighted by Gasteiger charge is -2.37. The first-order chi connectivity index (χ1) is 12.3. The van der Waals surface area contributed by atoms with Crippen LogP contribution in [0.2, 0.25) is 0 Å². The summed E-state index contributed by atoms with van der Waals surface area (Å²) in [4.78, 5) is 26.0. The largest absolute Gasteiger partial charge is 0.372 e. The van der Waals surface area contributed by atoms with Crippen molar-refractivity contribution in [3.8, 4) is 0 Å². The fourth-order valence-corrected chi connectivity index (χ4v) is 3.08. The SMILES string of the molecule is CC(C)NC(=O)CCNC(=O)Nc1ccccc1N1CC(C)OC(C)C1. The second-order valence-electron chi connectivity index (χ2n) is 7.03. The van der Waals surface area contributed by atoms with Gasteiger partial charge in [-0.05, 0) is 39.8 Å². The molecule has 2 atom stereocenters. The zero-order valence-electron chi connectivity index (χ0n) is 16.0. The van der Waals surface area contributed by atoms with Crippen molar-refractivity contribution in [2.45, 2.75) is 52.4 Å². The van der Waals surface area contributed by atoms with Gasteiger partial charge in [-0.25, -0.2) is 4.79 Å². The van der Waals surface area contributed by atoms with Gasteiger partial charge in [0.15, 0.2) is 0 Å². The van der Waals surface area contributed by atoms with Gasteiger partial charge in [0.2, 0.25) is 5.91 Å². The van der Waals surface area contributed by atoms with Crippen molar-refractivity contribution in [3.05, 3.63) is 24.3 Å². The third-order valence-electron chi connectivity index (χ3n) is 4.00. The number of carbonyl (C=O) groups is 2. The lowest BCUT2D eigenvalue weighted by molar-refractivity contribution is -0.121. The summed E-state index contributed by atoms with van der Waals surface area (Å²) in [7, 11) is 0. The summed E-state index contributed by atoms with van der Waals surface area (Å²) >= 11 is 0. The third-order valence-corrected chi connectivity index (χ3v) is 4.00. The minimum absolute atomic E-state index is 0.0722. The van der Waals surface area contributed by atoms with Gasteiger partial charge in [0.25, 0.3) is 0 Å². The van der Waals surface area contributed by atoms with Gasteiger partial charge in [0.05, 0.1) is 23.6 Å². The van der Waals surface area contributed by atoms with Crippen molar-refractivity contribution < 1.29 is 14.3 Å². The molecule has 144 valence electrons. The van der Waals surface area contributed by atoms with E-state index in [1.165, 1.54) is 0 Å². The van der Waals surface area contributed by atoms with Crippen molar-refractivity contribution in [2.24, 2.45) is 0 Å². The number of anilines is 2. The van der Waals surface area contributed by atoms with Gasteiger partial charge in [0, 0.05) is 32.1 Å². The normalized spacial score (nSPS) is 20.0. The first-order valence-electron chi connectivity index (χ1n) is 9.18. The number of nitrogens with one attached hydrogen (secondary N) is 3. The van der Waals surface area contributed by atoms with Crippen molar-refractivity contribution in [3.63, 3.8) is 0 Å². The molecule has 3 amide bonds. The molecular formula is C19H30N4O3. The maximum Gasteiger partial charge on any atom is 0.319 e. The van der Waals surface area contributed by atoms with E-state index < -0.39 is 0 Å². The predicted octanol–water partition coefficient (Wildman–Crippen LogP) is 2.34. The van der Waals surface area contributed by atoms with Crippen LogP contribution in [0.4, 0.5) is 16.2 Å². The Kier molecular flexibility index (Phi) is 7.26. The monoisotopic (exact) mass is 362 g/mol. The Morgan fingerprint density at radius 1 is 1.19 bits per heavy atom. The molecule has 1 aromatic rings. The molecule has 7 heteroatoms. The third kappa shape index (κ3) is 6.22. The van der Waals surface area contributed by atoms with Gasteiger partial charge >= 0.3 is 6.03 Å².